The Morgan fingerprint density at radius 1 is 1.50 bits per heavy atom. The molecule has 1 aliphatic rings. The first-order valence-corrected chi connectivity index (χ1v) is 7.50. The topological polar surface area (TPSA) is 37.4 Å². The van der Waals surface area contributed by atoms with Crippen LogP contribution in [0, 0.1) is 5.92 Å². The fraction of sp³-hybridized carbons (Fsp3) is 1.00. The maximum absolute atomic E-state index is 10.7. The summed E-state index contributed by atoms with van der Waals surface area (Å²) in [5.41, 5.74) is 0. The van der Waals surface area contributed by atoms with Gasteiger partial charge in [-0.2, -0.15) is 0 Å². The molecular weight excluding hydrogens is 222 g/mol. The molecule has 0 spiro atoms. The fourth-order valence-electron chi connectivity index (χ4n) is 1.63. The van der Waals surface area contributed by atoms with E-state index in [9.17, 15) is 8.42 Å². The highest BCUT2D eigenvalue weighted by molar-refractivity contribution is 8.13. The molecule has 0 saturated heterocycles. The van der Waals surface area contributed by atoms with Crippen LogP contribution in [0.15, 0.2) is 0 Å². The van der Waals surface area contributed by atoms with E-state index in [-0.39, 0.29) is 5.75 Å². The zero-order valence-corrected chi connectivity index (χ0v) is 10.3. The lowest BCUT2D eigenvalue weighted by molar-refractivity contribution is 0.235. The summed E-state index contributed by atoms with van der Waals surface area (Å²) in [6.07, 6.45) is 3.26. The van der Waals surface area contributed by atoms with Gasteiger partial charge in [-0.25, -0.2) is 8.42 Å². The van der Waals surface area contributed by atoms with E-state index in [0.29, 0.717) is 12.5 Å². The second-order valence-electron chi connectivity index (χ2n) is 4.16. The molecule has 0 heterocycles. The molecule has 0 amide bonds. The van der Waals surface area contributed by atoms with Crippen molar-refractivity contribution in [3.63, 3.8) is 0 Å². The molecule has 5 heteroatoms. The van der Waals surface area contributed by atoms with E-state index in [4.69, 9.17) is 10.7 Å². The van der Waals surface area contributed by atoms with Crippen molar-refractivity contribution in [3.05, 3.63) is 0 Å². The second kappa shape index (κ2) is 4.81. The summed E-state index contributed by atoms with van der Waals surface area (Å²) in [4.78, 5) is 2.22. The molecule has 1 atom stereocenters. The summed E-state index contributed by atoms with van der Waals surface area (Å²) in [7, 11) is 3.87. The standard InChI is InChI=1S/C9H18ClNO2S/c1-8(9-4-5-9)11(2)6-3-7-14(10,12)13/h8-9H,3-7H2,1-2H3. The number of hydrogen-bond donors (Lipinski definition) is 0. The van der Waals surface area contributed by atoms with Crippen molar-refractivity contribution in [1.29, 1.82) is 0 Å². The molecular formula is C9H18ClNO2S. The van der Waals surface area contributed by atoms with Crippen LogP contribution in [0.25, 0.3) is 0 Å². The van der Waals surface area contributed by atoms with Crippen molar-refractivity contribution in [1.82, 2.24) is 4.90 Å². The van der Waals surface area contributed by atoms with Gasteiger partial charge in [0.2, 0.25) is 9.05 Å². The van der Waals surface area contributed by atoms with E-state index in [0.717, 1.165) is 12.5 Å². The van der Waals surface area contributed by atoms with Gasteiger partial charge in [-0.3, -0.25) is 0 Å². The quantitative estimate of drug-likeness (QED) is 0.662. The van der Waals surface area contributed by atoms with Gasteiger partial charge in [0, 0.05) is 16.7 Å². The minimum Gasteiger partial charge on any atom is -0.303 e. The summed E-state index contributed by atoms with van der Waals surface area (Å²) < 4.78 is 21.4. The lowest BCUT2D eigenvalue weighted by atomic mass is 10.2. The molecule has 0 radical (unpaired) electrons. The molecule has 0 N–H and O–H groups in total. The highest BCUT2D eigenvalue weighted by Crippen LogP contribution is 2.34. The van der Waals surface area contributed by atoms with Crippen LogP contribution in [0.2, 0.25) is 0 Å². The fourth-order valence-corrected chi connectivity index (χ4v) is 2.43. The zero-order valence-electron chi connectivity index (χ0n) is 8.74. The van der Waals surface area contributed by atoms with Gasteiger partial charge < -0.3 is 4.90 Å². The Morgan fingerprint density at radius 3 is 2.50 bits per heavy atom. The van der Waals surface area contributed by atoms with Crippen LogP contribution in [-0.4, -0.2) is 38.7 Å². The minimum absolute atomic E-state index is 0.0796. The van der Waals surface area contributed by atoms with Gasteiger partial charge in [0.15, 0.2) is 0 Å². The molecule has 1 unspecified atom stereocenters. The third-order valence-electron chi connectivity index (χ3n) is 2.90. The predicted octanol–water partition coefficient (Wildman–Crippen LogP) is 1.68. The first-order chi connectivity index (χ1) is 6.40. The Kier molecular flexibility index (Phi) is 4.22. The average Bonchev–Trinajstić information content (AvgIpc) is 2.82. The Balaban J connectivity index is 2.17. The first kappa shape index (κ1) is 12.3. The van der Waals surface area contributed by atoms with Gasteiger partial charge in [-0.1, -0.05) is 0 Å². The highest BCUT2D eigenvalue weighted by atomic mass is 35.7. The smallest absolute Gasteiger partial charge is 0.232 e. The van der Waals surface area contributed by atoms with Gasteiger partial charge in [0.05, 0.1) is 5.75 Å². The van der Waals surface area contributed by atoms with Crippen LogP contribution in [0.1, 0.15) is 26.2 Å². The van der Waals surface area contributed by atoms with Crippen LogP contribution >= 0.6 is 10.7 Å². The zero-order chi connectivity index (χ0) is 10.8. The number of hydrogen-bond acceptors (Lipinski definition) is 3. The van der Waals surface area contributed by atoms with Gasteiger partial charge in [-0.15, -0.1) is 0 Å². The van der Waals surface area contributed by atoms with E-state index in [1.165, 1.54) is 12.8 Å². The normalized spacial score (nSPS) is 20.0. The Labute approximate surface area is 90.8 Å². The summed E-state index contributed by atoms with van der Waals surface area (Å²) in [6, 6.07) is 0.577. The predicted molar refractivity (Wildman–Crippen MR) is 59.1 cm³/mol. The van der Waals surface area contributed by atoms with Gasteiger partial charge in [-0.05, 0) is 45.7 Å². The van der Waals surface area contributed by atoms with Gasteiger partial charge in [0.25, 0.3) is 0 Å². The molecule has 1 rings (SSSR count). The number of rotatable bonds is 6. The van der Waals surface area contributed by atoms with Crippen LogP contribution in [0.5, 0.6) is 0 Å². The van der Waals surface area contributed by atoms with E-state index in [1.807, 2.05) is 7.05 Å². The average molecular weight is 240 g/mol. The van der Waals surface area contributed by atoms with E-state index >= 15 is 0 Å². The van der Waals surface area contributed by atoms with Crippen LogP contribution in [0.4, 0.5) is 0 Å². The molecule has 0 bridgehead atoms. The molecule has 0 aromatic carbocycles. The molecule has 3 nitrogen and oxygen atoms in total. The summed E-state index contributed by atoms with van der Waals surface area (Å²) in [5.74, 6) is 0.906. The van der Waals surface area contributed by atoms with Crippen LogP contribution in [0.3, 0.4) is 0 Å². The Bertz CT molecular complexity index is 275. The van der Waals surface area contributed by atoms with Crippen LogP contribution in [-0.2, 0) is 9.05 Å². The first-order valence-electron chi connectivity index (χ1n) is 5.03. The van der Waals surface area contributed by atoms with E-state index in [2.05, 4.69) is 11.8 Å². The van der Waals surface area contributed by atoms with Crippen molar-refractivity contribution in [2.45, 2.75) is 32.2 Å². The molecule has 1 saturated carbocycles. The Hall–Kier alpha value is 0.200. The Morgan fingerprint density at radius 2 is 2.07 bits per heavy atom. The molecule has 1 fully saturated rings. The third kappa shape index (κ3) is 4.62. The largest absolute Gasteiger partial charge is 0.303 e. The SMILES string of the molecule is CC(C1CC1)N(C)CCCS(=O)(=O)Cl. The van der Waals surface area contributed by atoms with Crippen molar-refractivity contribution >= 4 is 19.7 Å². The maximum Gasteiger partial charge on any atom is 0.232 e. The maximum atomic E-state index is 10.7. The van der Waals surface area contributed by atoms with Crippen molar-refractivity contribution < 1.29 is 8.42 Å². The summed E-state index contributed by atoms with van der Waals surface area (Å²) >= 11 is 0. The monoisotopic (exact) mass is 239 g/mol. The number of halogens is 1. The van der Waals surface area contributed by atoms with Crippen molar-refractivity contribution in [2.24, 2.45) is 5.92 Å². The number of nitrogens with zero attached hydrogens (tertiary/aromatic N) is 1. The molecule has 0 aromatic heterocycles. The van der Waals surface area contributed by atoms with Gasteiger partial charge >= 0.3 is 0 Å². The van der Waals surface area contributed by atoms with Crippen molar-refractivity contribution in [3.8, 4) is 0 Å². The van der Waals surface area contributed by atoms with Gasteiger partial charge in [0.1, 0.15) is 0 Å². The van der Waals surface area contributed by atoms with E-state index in [1.54, 1.807) is 0 Å². The van der Waals surface area contributed by atoms with Crippen molar-refractivity contribution in [2.75, 3.05) is 19.3 Å². The molecule has 84 valence electrons. The lowest BCUT2D eigenvalue weighted by Gasteiger charge is -2.24. The molecule has 0 aromatic rings. The molecule has 1 aliphatic carbocycles. The highest BCUT2D eigenvalue weighted by Gasteiger charge is 2.30. The lowest BCUT2D eigenvalue weighted by Crippen LogP contribution is -2.32. The third-order valence-corrected chi connectivity index (χ3v) is 4.14. The van der Waals surface area contributed by atoms with E-state index < -0.39 is 9.05 Å². The minimum atomic E-state index is -3.30. The molecule has 14 heavy (non-hydrogen) atoms. The second-order valence-corrected chi connectivity index (χ2v) is 7.05. The summed E-state index contributed by atoms with van der Waals surface area (Å²) in [5, 5.41) is 0. The van der Waals surface area contributed by atoms with Crippen LogP contribution < -0.4 is 0 Å². The summed E-state index contributed by atoms with van der Waals surface area (Å²) in [6.45, 7) is 3.01. The molecule has 0 aliphatic heterocycles.